The number of phenolic OH excluding ortho intramolecular Hbond substituents is 1. The average Bonchev–Trinajstić information content (AvgIpc) is 3.19. The quantitative estimate of drug-likeness (QED) is 0.689. The van der Waals surface area contributed by atoms with Gasteiger partial charge in [0.05, 0.1) is 17.4 Å². The normalized spacial score (nSPS) is 26.2. The van der Waals surface area contributed by atoms with E-state index in [1.54, 1.807) is 17.0 Å². The van der Waals surface area contributed by atoms with Gasteiger partial charge in [0.25, 0.3) is 5.91 Å². The Morgan fingerprint density at radius 3 is 3.00 bits per heavy atom. The number of amides is 1. The maximum Gasteiger partial charge on any atom is 0.257 e. The number of carbonyl (C=O) groups is 1. The highest BCUT2D eigenvalue weighted by atomic mass is 16.3. The number of benzene rings is 1. The number of piperidine rings is 2. The number of tetrazole rings is 1. The van der Waals surface area contributed by atoms with Gasteiger partial charge in [0.15, 0.2) is 0 Å². The molecular formula is C17H22N6O3. The summed E-state index contributed by atoms with van der Waals surface area (Å²) in [6.07, 6.45) is 3.45. The van der Waals surface area contributed by atoms with Crippen LogP contribution in [0.15, 0.2) is 24.5 Å². The Labute approximate surface area is 150 Å². The Bertz CT molecular complexity index is 792. The lowest BCUT2D eigenvalue weighted by molar-refractivity contribution is -0.0433. The van der Waals surface area contributed by atoms with Gasteiger partial charge in [-0.3, -0.25) is 4.79 Å². The van der Waals surface area contributed by atoms with E-state index in [-0.39, 0.29) is 22.6 Å². The van der Waals surface area contributed by atoms with Gasteiger partial charge in [0, 0.05) is 31.1 Å². The van der Waals surface area contributed by atoms with Gasteiger partial charge in [-0.1, -0.05) is 0 Å². The van der Waals surface area contributed by atoms with Crippen molar-refractivity contribution in [1.82, 2.24) is 30.4 Å². The lowest BCUT2D eigenvalue weighted by Crippen LogP contribution is -2.58. The van der Waals surface area contributed by atoms with E-state index < -0.39 is 6.10 Å². The molecule has 2 saturated heterocycles. The highest BCUT2D eigenvalue weighted by Gasteiger charge is 2.44. The second kappa shape index (κ2) is 6.65. The van der Waals surface area contributed by atoms with Crippen LogP contribution in [0.5, 0.6) is 5.75 Å². The zero-order valence-electron chi connectivity index (χ0n) is 14.4. The predicted molar refractivity (Wildman–Crippen MR) is 91.9 cm³/mol. The number of nitrogens with one attached hydrogen (secondary N) is 1. The van der Waals surface area contributed by atoms with Crippen molar-refractivity contribution < 1.29 is 15.0 Å². The van der Waals surface area contributed by atoms with Gasteiger partial charge in [-0.2, -0.15) is 0 Å². The molecule has 138 valence electrons. The Kier molecular flexibility index (Phi) is 4.33. The summed E-state index contributed by atoms with van der Waals surface area (Å²) in [5.74, 6) is -0.326. The van der Waals surface area contributed by atoms with E-state index in [1.165, 1.54) is 17.1 Å². The number of hydrogen-bond donors (Lipinski definition) is 3. The molecule has 0 aliphatic carbocycles. The van der Waals surface area contributed by atoms with E-state index in [9.17, 15) is 15.0 Å². The van der Waals surface area contributed by atoms with Gasteiger partial charge >= 0.3 is 0 Å². The molecular weight excluding hydrogens is 336 g/mol. The fraction of sp³-hybridized carbons (Fsp3) is 0.529. The zero-order chi connectivity index (χ0) is 18.1. The lowest BCUT2D eigenvalue weighted by Gasteiger charge is -2.48. The van der Waals surface area contributed by atoms with Crippen molar-refractivity contribution in [3.05, 3.63) is 30.1 Å². The summed E-state index contributed by atoms with van der Waals surface area (Å²) < 4.78 is 1.41. The van der Waals surface area contributed by atoms with Gasteiger partial charge in [-0.15, -0.1) is 5.10 Å². The molecule has 4 rings (SSSR count). The molecule has 9 nitrogen and oxygen atoms in total. The molecule has 2 atom stereocenters. The van der Waals surface area contributed by atoms with Crippen molar-refractivity contribution in [3.63, 3.8) is 0 Å². The van der Waals surface area contributed by atoms with Gasteiger partial charge < -0.3 is 20.4 Å². The van der Waals surface area contributed by atoms with Crippen LogP contribution in [-0.4, -0.2) is 73.5 Å². The second-order valence-electron chi connectivity index (χ2n) is 7.13. The number of nitrogens with zero attached hydrogens (tertiary/aromatic N) is 5. The number of likely N-dealkylation sites (tertiary alicyclic amines) is 1. The molecule has 0 unspecified atom stereocenters. The second-order valence-corrected chi connectivity index (χ2v) is 7.13. The largest absolute Gasteiger partial charge is 0.507 e. The Morgan fingerprint density at radius 2 is 2.27 bits per heavy atom. The third kappa shape index (κ3) is 2.93. The summed E-state index contributed by atoms with van der Waals surface area (Å²) >= 11 is 0. The Balaban J connectivity index is 1.55. The monoisotopic (exact) mass is 358 g/mol. The molecule has 2 fully saturated rings. The molecule has 2 aliphatic heterocycles. The number of rotatable bonds is 2. The van der Waals surface area contributed by atoms with Gasteiger partial charge in [0.1, 0.15) is 12.1 Å². The molecule has 1 amide bonds. The summed E-state index contributed by atoms with van der Waals surface area (Å²) in [6, 6.07) is 4.76. The van der Waals surface area contributed by atoms with Crippen molar-refractivity contribution in [3.8, 4) is 11.4 Å². The van der Waals surface area contributed by atoms with Crippen LogP contribution < -0.4 is 5.32 Å². The van der Waals surface area contributed by atoms with Crippen molar-refractivity contribution in [2.45, 2.75) is 25.4 Å². The van der Waals surface area contributed by atoms with Crippen LogP contribution in [-0.2, 0) is 0 Å². The fourth-order valence-electron chi connectivity index (χ4n) is 4.04. The van der Waals surface area contributed by atoms with E-state index in [1.807, 2.05) is 0 Å². The summed E-state index contributed by atoms with van der Waals surface area (Å²) in [5, 5.41) is 35.1. The van der Waals surface area contributed by atoms with Crippen LogP contribution in [0.2, 0.25) is 0 Å². The molecule has 9 heteroatoms. The number of aliphatic hydroxyl groups is 1. The summed E-state index contributed by atoms with van der Waals surface area (Å²) in [7, 11) is 0. The summed E-state index contributed by atoms with van der Waals surface area (Å²) in [6.45, 7) is 2.63. The van der Waals surface area contributed by atoms with Crippen LogP contribution in [0.1, 0.15) is 29.6 Å². The van der Waals surface area contributed by atoms with Crippen molar-refractivity contribution >= 4 is 5.91 Å². The minimum Gasteiger partial charge on any atom is -0.507 e. The molecule has 26 heavy (non-hydrogen) atoms. The van der Waals surface area contributed by atoms with Crippen molar-refractivity contribution in [2.24, 2.45) is 5.41 Å². The average molecular weight is 358 g/mol. The standard InChI is InChI=1S/C17H22N6O3/c24-14-8-12(23-11-19-20-21-23)2-3-13(14)16(26)22-7-1-5-17(10-22)9-18-6-4-15(17)25/h2-3,8,11,15,18,24-25H,1,4-7,9-10H2/t15-,17-/m0/s1. The maximum absolute atomic E-state index is 13.0. The number of phenols is 1. The predicted octanol–water partition coefficient (Wildman–Crippen LogP) is -0.0555. The zero-order valence-corrected chi connectivity index (χ0v) is 14.4. The first kappa shape index (κ1) is 16.9. The first-order chi connectivity index (χ1) is 12.6. The van der Waals surface area contributed by atoms with E-state index in [0.29, 0.717) is 31.7 Å². The van der Waals surface area contributed by atoms with E-state index in [4.69, 9.17) is 0 Å². The highest BCUT2D eigenvalue weighted by Crippen LogP contribution is 2.37. The molecule has 3 N–H and O–H groups in total. The van der Waals surface area contributed by atoms with Crippen LogP contribution in [0.4, 0.5) is 0 Å². The molecule has 0 saturated carbocycles. The molecule has 1 aromatic heterocycles. The first-order valence-electron chi connectivity index (χ1n) is 8.83. The van der Waals surface area contributed by atoms with E-state index in [0.717, 1.165) is 19.4 Å². The van der Waals surface area contributed by atoms with Gasteiger partial charge in [-0.05, 0) is 48.4 Å². The summed E-state index contributed by atoms with van der Waals surface area (Å²) in [4.78, 5) is 14.7. The van der Waals surface area contributed by atoms with Crippen molar-refractivity contribution in [2.75, 3.05) is 26.2 Å². The highest BCUT2D eigenvalue weighted by molar-refractivity contribution is 5.97. The Morgan fingerprint density at radius 1 is 1.38 bits per heavy atom. The topological polar surface area (TPSA) is 116 Å². The number of aliphatic hydroxyl groups excluding tert-OH is 1. The minimum absolute atomic E-state index is 0.107. The lowest BCUT2D eigenvalue weighted by atomic mass is 9.72. The molecule has 2 aliphatic rings. The summed E-state index contributed by atoms with van der Waals surface area (Å²) in [5.41, 5.74) is 0.525. The van der Waals surface area contributed by atoms with E-state index >= 15 is 0 Å². The van der Waals surface area contributed by atoms with Crippen LogP contribution in [0.25, 0.3) is 5.69 Å². The molecule has 3 heterocycles. The SMILES string of the molecule is O=C(c1ccc(-n2cnnn2)cc1O)N1CCC[C@]2(CNCC[C@@H]2O)C1. The number of hydrogen-bond acceptors (Lipinski definition) is 7. The first-order valence-corrected chi connectivity index (χ1v) is 8.83. The number of carbonyl (C=O) groups excluding carboxylic acids is 1. The molecule has 0 bridgehead atoms. The molecule has 0 radical (unpaired) electrons. The van der Waals surface area contributed by atoms with Crippen molar-refractivity contribution in [1.29, 1.82) is 0 Å². The molecule has 1 aromatic carbocycles. The van der Waals surface area contributed by atoms with Crippen LogP contribution in [0.3, 0.4) is 0 Å². The third-order valence-corrected chi connectivity index (χ3v) is 5.50. The molecule has 1 spiro atoms. The third-order valence-electron chi connectivity index (χ3n) is 5.50. The van der Waals surface area contributed by atoms with Gasteiger partial charge in [0.2, 0.25) is 0 Å². The van der Waals surface area contributed by atoms with Crippen LogP contribution >= 0.6 is 0 Å². The smallest absolute Gasteiger partial charge is 0.257 e. The van der Waals surface area contributed by atoms with Gasteiger partial charge in [-0.25, -0.2) is 4.68 Å². The Hall–Kier alpha value is -2.52. The van der Waals surface area contributed by atoms with E-state index in [2.05, 4.69) is 20.8 Å². The number of aromatic hydroxyl groups is 1. The van der Waals surface area contributed by atoms with Crippen LogP contribution in [0, 0.1) is 5.41 Å². The fourth-order valence-corrected chi connectivity index (χ4v) is 4.04. The minimum atomic E-state index is -0.407. The number of aromatic nitrogens is 4. The maximum atomic E-state index is 13.0. The molecule has 2 aromatic rings.